The number of amidine groups is 1. The summed E-state index contributed by atoms with van der Waals surface area (Å²) < 4.78 is 0. The van der Waals surface area contributed by atoms with Gasteiger partial charge in [0.1, 0.15) is 0 Å². The molecular formula is C14H24N2S. The largest absolute Gasteiger partial charge is 0.359 e. The average Bonchev–Trinajstić information content (AvgIpc) is 3.00. The van der Waals surface area contributed by atoms with Crippen LogP contribution in [-0.2, 0) is 0 Å². The Bertz CT molecular complexity index is 320. The summed E-state index contributed by atoms with van der Waals surface area (Å²) in [5.74, 6) is 2.88. The topological polar surface area (TPSA) is 24.4 Å². The first-order chi connectivity index (χ1) is 8.19. The van der Waals surface area contributed by atoms with Crippen LogP contribution < -0.4 is 5.32 Å². The van der Waals surface area contributed by atoms with E-state index in [2.05, 4.69) is 19.2 Å². The highest BCUT2D eigenvalue weighted by atomic mass is 32.2. The van der Waals surface area contributed by atoms with Crippen molar-refractivity contribution in [2.24, 2.45) is 16.8 Å². The molecule has 0 bridgehead atoms. The molecule has 1 heterocycles. The molecule has 3 fully saturated rings. The summed E-state index contributed by atoms with van der Waals surface area (Å²) in [6, 6.07) is 0.580. The lowest BCUT2D eigenvalue weighted by Crippen LogP contribution is -2.41. The van der Waals surface area contributed by atoms with E-state index in [-0.39, 0.29) is 0 Å². The van der Waals surface area contributed by atoms with Crippen molar-refractivity contribution >= 4 is 16.9 Å². The third-order valence-corrected chi connectivity index (χ3v) is 6.30. The maximum atomic E-state index is 4.99. The molecular weight excluding hydrogens is 228 g/mol. The number of hydrogen-bond acceptors (Lipinski definition) is 2. The van der Waals surface area contributed by atoms with Gasteiger partial charge in [0.25, 0.3) is 0 Å². The zero-order valence-corrected chi connectivity index (χ0v) is 11.9. The van der Waals surface area contributed by atoms with E-state index in [1.54, 1.807) is 0 Å². The van der Waals surface area contributed by atoms with E-state index in [1.807, 2.05) is 11.8 Å². The van der Waals surface area contributed by atoms with Crippen molar-refractivity contribution in [1.29, 1.82) is 0 Å². The number of nitrogens with one attached hydrogen (secondary N) is 1. The Kier molecular flexibility index (Phi) is 3.14. The Morgan fingerprint density at radius 1 is 1.24 bits per heavy atom. The van der Waals surface area contributed by atoms with Gasteiger partial charge in [0.15, 0.2) is 5.17 Å². The first-order valence-electron chi connectivity index (χ1n) is 7.17. The lowest BCUT2D eigenvalue weighted by Gasteiger charge is -2.22. The maximum Gasteiger partial charge on any atom is 0.157 e. The van der Waals surface area contributed by atoms with Crippen LogP contribution in [-0.4, -0.2) is 22.5 Å². The van der Waals surface area contributed by atoms with Crippen LogP contribution in [0.3, 0.4) is 0 Å². The van der Waals surface area contributed by atoms with Gasteiger partial charge < -0.3 is 5.32 Å². The quantitative estimate of drug-likeness (QED) is 0.773. The maximum absolute atomic E-state index is 4.99. The first kappa shape index (κ1) is 11.9. The van der Waals surface area contributed by atoms with E-state index in [9.17, 15) is 0 Å². The molecule has 1 saturated heterocycles. The molecule has 17 heavy (non-hydrogen) atoms. The van der Waals surface area contributed by atoms with E-state index in [1.165, 1.54) is 49.4 Å². The molecule has 3 unspecified atom stereocenters. The van der Waals surface area contributed by atoms with Gasteiger partial charge in [0, 0.05) is 11.3 Å². The fraction of sp³-hybridized carbons (Fsp3) is 0.929. The van der Waals surface area contributed by atoms with Crippen LogP contribution in [0.4, 0.5) is 0 Å². The molecule has 1 spiro atoms. The number of rotatable bonds is 1. The van der Waals surface area contributed by atoms with Crippen LogP contribution in [0.2, 0.25) is 0 Å². The Hall–Kier alpha value is -0.180. The van der Waals surface area contributed by atoms with Crippen molar-refractivity contribution in [3.8, 4) is 0 Å². The number of nitrogens with zero attached hydrogens (tertiary/aromatic N) is 1. The Morgan fingerprint density at radius 3 is 2.65 bits per heavy atom. The Balaban J connectivity index is 1.66. The molecule has 3 heteroatoms. The predicted molar refractivity (Wildman–Crippen MR) is 75.6 cm³/mol. The molecule has 0 aromatic rings. The van der Waals surface area contributed by atoms with Crippen molar-refractivity contribution in [3.63, 3.8) is 0 Å². The van der Waals surface area contributed by atoms with E-state index in [0.717, 1.165) is 11.8 Å². The molecule has 0 aromatic heterocycles. The van der Waals surface area contributed by atoms with E-state index >= 15 is 0 Å². The predicted octanol–water partition coefficient (Wildman–Crippen LogP) is 3.43. The minimum atomic E-state index is 0.428. The fourth-order valence-corrected chi connectivity index (χ4v) is 4.84. The monoisotopic (exact) mass is 252 g/mol. The molecule has 0 aromatic carbocycles. The smallest absolute Gasteiger partial charge is 0.157 e. The van der Waals surface area contributed by atoms with E-state index in [0.29, 0.717) is 11.6 Å². The molecule has 0 radical (unpaired) electrons. The van der Waals surface area contributed by atoms with Crippen molar-refractivity contribution in [3.05, 3.63) is 0 Å². The highest BCUT2D eigenvalue weighted by molar-refractivity contribution is 8.14. The summed E-state index contributed by atoms with van der Waals surface area (Å²) in [5, 5.41) is 4.99. The highest BCUT2D eigenvalue weighted by Gasteiger charge is 2.40. The first-order valence-corrected chi connectivity index (χ1v) is 8.16. The van der Waals surface area contributed by atoms with Gasteiger partial charge in [-0.2, -0.15) is 0 Å². The summed E-state index contributed by atoms with van der Waals surface area (Å²) in [7, 11) is 0. The molecule has 2 saturated carbocycles. The minimum Gasteiger partial charge on any atom is -0.359 e. The van der Waals surface area contributed by atoms with Crippen LogP contribution in [0.5, 0.6) is 0 Å². The molecule has 2 aliphatic carbocycles. The van der Waals surface area contributed by atoms with Gasteiger partial charge in [-0.1, -0.05) is 38.5 Å². The van der Waals surface area contributed by atoms with Gasteiger partial charge in [0.2, 0.25) is 0 Å². The second kappa shape index (κ2) is 4.49. The normalized spacial score (nSPS) is 42.5. The fourth-order valence-electron chi connectivity index (χ4n) is 3.57. The van der Waals surface area contributed by atoms with Crippen molar-refractivity contribution in [1.82, 2.24) is 5.32 Å². The minimum absolute atomic E-state index is 0.428. The van der Waals surface area contributed by atoms with Crippen LogP contribution in [0.15, 0.2) is 4.99 Å². The van der Waals surface area contributed by atoms with Crippen LogP contribution >= 0.6 is 11.8 Å². The van der Waals surface area contributed by atoms with E-state index < -0.39 is 0 Å². The van der Waals surface area contributed by atoms with Gasteiger partial charge in [-0.3, -0.25) is 4.99 Å². The number of thioether (sulfide) groups is 1. The summed E-state index contributed by atoms with van der Waals surface area (Å²) in [4.78, 5) is 4.99. The second-order valence-electron chi connectivity index (χ2n) is 6.32. The van der Waals surface area contributed by atoms with Crippen molar-refractivity contribution < 1.29 is 0 Å². The number of aliphatic imine (C=N–C) groups is 1. The van der Waals surface area contributed by atoms with Gasteiger partial charge >= 0.3 is 0 Å². The van der Waals surface area contributed by atoms with Gasteiger partial charge in [-0.25, -0.2) is 0 Å². The van der Waals surface area contributed by atoms with Gasteiger partial charge in [-0.15, -0.1) is 0 Å². The Morgan fingerprint density at radius 2 is 2.00 bits per heavy atom. The molecule has 96 valence electrons. The van der Waals surface area contributed by atoms with Gasteiger partial charge in [0.05, 0.1) is 6.04 Å². The van der Waals surface area contributed by atoms with Gasteiger partial charge in [-0.05, 0) is 37.5 Å². The zero-order chi connectivity index (χ0) is 11.9. The molecule has 1 aliphatic heterocycles. The zero-order valence-electron chi connectivity index (χ0n) is 11.0. The summed E-state index contributed by atoms with van der Waals surface area (Å²) in [6.45, 7) is 4.75. The average molecular weight is 252 g/mol. The third-order valence-electron chi connectivity index (χ3n) is 5.12. The SMILES string of the molecule is CC1CCC(N=C2NC3(CCCC3)CS2)C1C. The molecule has 3 atom stereocenters. The summed E-state index contributed by atoms with van der Waals surface area (Å²) >= 11 is 1.97. The third kappa shape index (κ3) is 2.23. The molecule has 2 nitrogen and oxygen atoms in total. The summed E-state index contributed by atoms with van der Waals surface area (Å²) in [5.41, 5.74) is 0.428. The van der Waals surface area contributed by atoms with Crippen molar-refractivity contribution in [2.45, 2.75) is 64.0 Å². The molecule has 0 amide bonds. The lowest BCUT2D eigenvalue weighted by molar-refractivity contribution is 0.419. The molecule has 1 N–H and O–H groups in total. The van der Waals surface area contributed by atoms with E-state index in [4.69, 9.17) is 4.99 Å². The van der Waals surface area contributed by atoms with Crippen molar-refractivity contribution in [2.75, 3.05) is 5.75 Å². The molecule has 3 aliphatic rings. The second-order valence-corrected chi connectivity index (χ2v) is 7.28. The lowest BCUT2D eigenvalue weighted by atomic mass is 9.98. The summed E-state index contributed by atoms with van der Waals surface area (Å²) in [6.07, 6.45) is 8.17. The number of hydrogen-bond donors (Lipinski definition) is 1. The van der Waals surface area contributed by atoms with Crippen LogP contribution in [0.1, 0.15) is 52.4 Å². The highest BCUT2D eigenvalue weighted by Crippen LogP contribution is 2.39. The van der Waals surface area contributed by atoms with Crippen LogP contribution in [0.25, 0.3) is 0 Å². The standard InChI is InChI=1S/C14H24N2S/c1-10-5-6-12(11(10)2)15-13-16-14(9-17-13)7-3-4-8-14/h10-12H,3-9H2,1-2H3,(H,15,16). The Labute approximate surface area is 109 Å². The van der Waals surface area contributed by atoms with Crippen LogP contribution in [0, 0.1) is 11.8 Å². The molecule has 3 rings (SSSR count).